The molecule has 1 aliphatic rings. The number of aromatic nitrogens is 1. The van der Waals surface area contributed by atoms with Gasteiger partial charge in [-0.3, -0.25) is 4.79 Å². The number of nitrogens with one attached hydrogen (secondary N) is 1. The molecule has 168 valence electrons. The lowest BCUT2D eigenvalue weighted by Crippen LogP contribution is -2.42. The van der Waals surface area contributed by atoms with Crippen molar-refractivity contribution in [2.75, 3.05) is 38.2 Å². The SMILES string of the molecule is O=C(COc1cccc(CNc2ccc3oc(-c4ccccc4)nc3c2)c1)N1CCOCC1. The maximum Gasteiger partial charge on any atom is 0.260 e. The van der Waals surface area contributed by atoms with E-state index in [-0.39, 0.29) is 12.5 Å². The Bertz CT molecular complexity index is 1230. The molecule has 0 bridgehead atoms. The Balaban J connectivity index is 1.20. The Morgan fingerprint density at radius 3 is 2.70 bits per heavy atom. The molecule has 1 aromatic heterocycles. The van der Waals surface area contributed by atoms with Crippen LogP contribution in [0.25, 0.3) is 22.6 Å². The summed E-state index contributed by atoms with van der Waals surface area (Å²) in [5.41, 5.74) is 4.50. The van der Waals surface area contributed by atoms with E-state index in [0.717, 1.165) is 27.9 Å². The second kappa shape index (κ2) is 9.75. The summed E-state index contributed by atoms with van der Waals surface area (Å²) in [4.78, 5) is 18.7. The molecular formula is C26H25N3O4. The summed E-state index contributed by atoms with van der Waals surface area (Å²) in [6.07, 6.45) is 0. The van der Waals surface area contributed by atoms with E-state index in [9.17, 15) is 4.79 Å². The van der Waals surface area contributed by atoms with E-state index in [4.69, 9.17) is 13.9 Å². The highest BCUT2D eigenvalue weighted by molar-refractivity contribution is 5.80. The molecule has 1 fully saturated rings. The average molecular weight is 444 g/mol. The molecule has 1 saturated heterocycles. The molecule has 0 aliphatic carbocycles. The number of nitrogens with zero attached hydrogens (tertiary/aromatic N) is 2. The van der Waals surface area contributed by atoms with Crippen molar-refractivity contribution in [2.24, 2.45) is 0 Å². The van der Waals surface area contributed by atoms with Gasteiger partial charge in [0.05, 0.1) is 13.2 Å². The first-order chi connectivity index (χ1) is 16.2. The van der Waals surface area contributed by atoms with Crippen LogP contribution < -0.4 is 10.1 Å². The van der Waals surface area contributed by atoms with Gasteiger partial charge >= 0.3 is 0 Å². The largest absolute Gasteiger partial charge is 0.484 e. The molecule has 2 heterocycles. The highest BCUT2D eigenvalue weighted by atomic mass is 16.5. The molecule has 0 radical (unpaired) electrons. The van der Waals surface area contributed by atoms with E-state index in [0.29, 0.717) is 44.5 Å². The van der Waals surface area contributed by atoms with Crippen LogP contribution in [0.2, 0.25) is 0 Å². The Hall–Kier alpha value is -3.84. The fourth-order valence-electron chi connectivity index (χ4n) is 3.74. The number of morpholine rings is 1. The van der Waals surface area contributed by atoms with Crippen LogP contribution >= 0.6 is 0 Å². The van der Waals surface area contributed by atoms with Crippen LogP contribution in [-0.4, -0.2) is 48.7 Å². The van der Waals surface area contributed by atoms with E-state index in [1.165, 1.54) is 0 Å². The molecule has 1 aliphatic heterocycles. The van der Waals surface area contributed by atoms with Gasteiger partial charge < -0.3 is 24.1 Å². The summed E-state index contributed by atoms with van der Waals surface area (Å²) in [5, 5.41) is 3.42. The van der Waals surface area contributed by atoms with Gasteiger partial charge in [-0.1, -0.05) is 30.3 Å². The van der Waals surface area contributed by atoms with Gasteiger partial charge in [-0.15, -0.1) is 0 Å². The van der Waals surface area contributed by atoms with Crippen molar-refractivity contribution in [1.82, 2.24) is 9.88 Å². The van der Waals surface area contributed by atoms with E-state index in [2.05, 4.69) is 10.3 Å². The summed E-state index contributed by atoms with van der Waals surface area (Å²) in [5.74, 6) is 1.27. The fraction of sp³-hybridized carbons (Fsp3) is 0.231. The zero-order valence-electron chi connectivity index (χ0n) is 18.2. The number of benzene rings is 3. The first-order valence-electron chi connectivity index (χ1n) is 11.0. The van der Waals surface area contributed by atoms with E-state index in [1.807, 2.05) is 72.8 Å². The number of carbonyl (C=O) groups excluding carboxylic acids is 1. The zero-order valence-corrected chi connectivity index (χ0v) is 18.2. The van der Waals surface area contributed by atoms with Gasteiger partial charge in [-0.05, 0) is 48.0 Å². The number of ether oxygens (including phenoxy) is 2. The molecule has 7 heteroatoms. The van der Waals surface area contributed by atoms with Gasteiger partial charge in [-0.25, -0.2) is 4.98 Å². The van der Waals surface area contributed by atoms with Gasteiger partial charge in [0.15, 0.2) is 12.2 Å². The van der Waals surface area contributed by atoms with Crippen LogP contribution in [0.4, 0.5) is 5.69 Å². The Kier molecular flexibility index (Phi) is 6.21. The number of oxazole rings is 1. The molecule has 5 rings (SSSR count). The highest BCUT2D eigenvalue weighted by Gasteiger charge is 2.17. The Morgan fingerprint density at radius 2 is 1.85 bits per heavy atom. The number of fused-ring (bicyclic) bond motifs is 1. The number of rotatable bonds is 7. The van der Waals surface area contributed by atoms with Crippen molar-refractivity contribution in [2.45, 2.75) is 6.54 Å². The van der Waals surface area contributed by atoms with Crippen LogP contribution in [0.5, 0.6) is 5.75 Å². The number of amides is 1. The standard InChI is InChI=1S/C26H25N3O4/c30-25(29-11-13-31-14-12-29)18-32-22-8-4-5-19(15-22)17-27-21-9-10-24-23(16-21)28-26(33-24)20-6-2-1-3-7-20/h1-10,15-16,27H,11-14,17-18H2. The number of hydrogen-bond donors (Lipinski definition) is 1. The molecule has 0 spiro atoms. The molecule has 3 aromatic carbocycles. The molecular weight excluding hydrogens is 418 g/mol. The molecule has 0 unspecified atom stereocenters. The van der Waals surface area contributed by atoms with Crippen LogP contribution in [-0.2, 0) is 16.1 Å². The van der Waals surface area contributed by atoms with Gasteiger partial charge in [0.1, 0.15) is 11.3 Å². The third kappa shape index (κ3) is 5.15. The van der Waals surface area contributed by atoms with Gasteiger partial charge in [0, 0.05) is 30.9 Å². The van der Waals surface area contributed by atoms with Crippen molar-refractivity contribution in [1.29, 1.82) is 0 Å². The molecule has 33 heavy (non-hydrogen) atoms. The van der Waals surface area contributed by atoms with Gasteiger partial charge in [0.25, 0.3) is 5.91 Å². The van der Waals surface area contributed by atoms with Crippen molar-refractivity contribution >= 4 is 22.7 Å². The first-order valence-corrected chi connectivity index (χ1v) is 11.0. The number of hydrogen-bond acceptors (Lipinski definition) is 6. The van der Waals surface area contributed by atoms with Crippen LogP contribution in [0.3, 0.4) is 0 Å². The maximum atomic E-state index is 12.3. The van der Waals surface area contributed by atoms with Crippen molar-refractivity contribution in [3.63, 3.8) is 0 Å². The summed E-state index contributed by atoms with van der Waals surface area (Å²) in [6.45, 7) is 3.05. The minimum atomic E-state index is -0.0161. The lowest BCUT2D eigenvalue weighted by atomic mass is 10.2. The van der Waals surface area contributed by atoms with E-state index < -0.39 is 0 Å². The van der Waals surface area contributed by atoms with Gasteiger partial charge in [0.2, 0.25) is 5.89 Å². The monoisotopic (exact) mass is 443 g/mol. The van der Waals surface area contributed by atoms with Crippen molar-refractivity contribution in [3.8, 4) is 17.2 Å². The lowest BCUT2D eigenvalue weighted by Gasteiger charge is -2.26. The average Bonchev–Trinajstić information content (AvgIpc) is 3.31. The zero-order chi connectivity index (χ0) is 22.5. The minimum absolute atomic E-state index is 0.0161. The topological polar surface area (TPSA) is 76.8 Å². The van der Waals surface area contributed by atoms with Crippen LogP contribution in [0, 0.1) is 0 Å². The predicted molar refractivity (Wildman–Crippen MR) is 126 cm³/mol. The van der Waals surface area contributed by atoms with Gasteiger partial charge in [-0.2, -0.15) is 0 Å². The number of carbonyl (C=O) groups is 1. The fourth-order valence-corrected chi connectivity index (χ4v) is 3.74. The third-order valence-corrected chi connectivity index (χ3v) is 5.53. The molecule has 1 amide bonds. The van der Waals surface area contributed by atoms with Crippen LogP contribution in [0.15, 0.2) is 77.2 Å². The summed E-state index contributed by atoms with van der Waals surface area (Å²) in [6, 6.07) is 23.5. The Labute approximate surface area is 191 Å². The highest BCUT2D eigenvalue weighted by Crippen LogP contribution is 2.26. The second-order valence-corrected chi connectivity index (χ2v) is 7.85. The van der Waals surface area contributed by atoms with Crippen molar-refractivity contribution in [3.05, 3.63) is 78.4 Å². The molecule has 1 N–H and O–H groups in total. The first kappa shape index (κ1) is 21.0. The van der Waals surface area contributed by atoms with E-state index in [1.54, 1.807) is 4.90 Å². The summed E-state index contributed by atoms with van der Waals surface area (Å²) < 4.78 is 16.9. The maximum absolute atomic E-state index is 12.3. The van der Waals surface area contributed by atoms with Crippen molar-refractivity contribution < 1.29 is 18.7 Å². The normalized spacial score (nSPS) is 13.8. The predicted octanol–water partition coefficient (Wildman–Crippen LogP) is 4.34. The summed E-state index contributed by atoms with van der Waals surface area (Å²) in [7, 11) is 0. The molecule has 7 nitrogen and oxygen atoms in total. The molecule has 0 atom stereocenters. The number of anilines is 1. The van der Waals surface area contributed by atoms with Crippen LogP contribution in [0.1, 0.15) is 5.56 Å². The molecule has 0 saturated carbocycles. The molecule has 4 aromatic rings. The quantitative estimate of drug-likeness (QED) is 0.458. The lowest BCUT2D eigenvalue weighted by molar-refractivity contribution is -0.137. The third-order valence-electron chi connectivity index (χ3n) is 5.53. The second-order valence-electron chi connectivity index (χ2n) is 7.85. The van der Waals surface area contributed by atoms with E-state index >= 15 is 0 Å². The smallest absolute Gasteiger partial charge is 0.260 e. The Morgan fingerprint density at radius 1 is 1.00 bits per heavy atom. The summed E-state index contributed by atoms with van der Waals surface area (Å²) >= 11 is 0. The minimum Gasteiger partial charge on any atom is -0.484 e.